The summed E-state index contributed by atoms with van der Waals surface area (Å²) >= 11 is 5.93. The van der Waals surface area contributed by atoms with Crippen LogP contribution in [0.25, 0.3) is 5.69 Å². The Hall–Kier alpha value is -2.01. The van der Waals surface area contributed by atoms with Crippen molar-refractivity contribution in [2.75, 3.05) is 13.1 Å². The number of nitrogens with zero attached hydrogens (tertiary/aromatic N) is 3. The predicted molar refractivity (Wildman–Crippen MR) is 98.4 cm³/mol. The Morgan fingerprint density at radius 2 is 1.80 bits per heavy atom. The Bertz CT molecular complexity index is 726. The van der Waals surface area contributed by atoms with Gasteiger partial charge >= 0.3 is 6.09 Å². The van der Waals surface area contributed by atoms with Crippen molar-refractivity contribution in [3.63, 3.8) is 0 Å². The van der Waals surface area contributed by atoms with Gasteiger partial charge in [-0.2, -0.15) is 5.10 Å². The van der Waals surface area contributed by atoms with Crippen LogP contribution in [-0.2, 0) is 4.74 Å². The Morgan fingerprint density at radius 3 is 2.40 bits per heavy atom. The van der Waals surface area contributed by atoms with Gasteiger partial charge in [-0.15, -0.1) is 0 Å². The quantitative estimate of drug-likeness (QED) is 0.782. The lowest BCUT2D eigenvalue weighted by Crippen LogP contribution is -2.41. The zero-order chi connectivity index (χ0) is 18.0. The molecule has 0 saturated carbocycles. The smallest absolute Gasteiger partial charge is 0.410 e. The van der Waals surface area contributed by atoms with Crippen LogP contribution in [0.1, 0.15) is 45.2 Å². The predicted octanol–water partition coefficient (Wildman–Crippen LogP) is 4.64. The number of hydrogen-bond acceptors (Lipinski definition) is 3. The van der Waals surface area contributed by atoms with Crippen molar-refractivity contribution in [1.29, 1.82) is 0 Å². The summed E-state index contributed by atoms with van der Waals surface area (Å²) in [6, 6.07) is 9.67. The maximum absolute atomic E-state index is 12.1. The molecule has 0 spiro atoms. The van der Waals surface area contributed by atoms with Crippen LogP contribution in [0.5, 0.6) is 0 Å². The second-order valence-corrected chi connectivity index (χ2v) is 7.84. The van der Waals surface area contributed by atoms with E-state index in [0.717, 1.165) is 24.2 Å². The first-order valence-corrected chi connectivity index (χ1v) is 8.99. The molecule has 1 aliphatic rings. The number of carbonyl (C=O) groups is 1. The van der Waals surface area contributed by atoms with Crippen LogP contribution < -0.4 is 0 Å². The van der Waals surface area contributed by atoms with E-state index in [4.69, 9.17) is 21.4 Å². The lowest BCUT2D eigenvalue weighted by atomic mass is 9.94. The van der Waals surface area contributed by atoms with Gasteiger partial charge in [0.05, 0.1) is 11.4 Å². The second-order valence-electron chi connectivity index (χ2n) is 7.40. The van der Waals surface area contributed by atoms with Crippen molar-refractivity contribution in [1.82, 2.24) is 14.7 Å². The van der Waals surface area contributed by atoms with Crippen molar-refractivity contribution in [3.05, 3.63) is 47.2 Å². The first-order valence-electron chi connectivity index (χ1n) is 8.61. The van der Waals surface area contributed by atoms with E-state index in [1.807, 2.05) is 55.9 Å². The average Bonchev–Trinajstić information content (AvgIpc) is 3.04. The third-order valence-corrected chi connectivity index (χ3v) is 4.52. The Kier molecular flexibility index (Phi) is 5.04. The lowest BCUT2D eigenvalue weighted by molar-refractivity contribution is 0.0204. The molecule has 1 aliphatic heterocycles. The minimum Gasteiger partial charge on any atom is -0.444 e. The van der Waals surface area contributed by atoms with Crippen molar-refractivity contribution in [3.8, 4) is 5.69 Å². The number of hydrogen-bond donors (Lipinski definition) is 0. The number of likely N-dealkylation sites (tertiary alicyclic amines) is 1. The van der Waals surface area contributed by atoms with Crippen LogP contribution in [0, 0.1) is 0 Å². The molecule has 0 unspecified atom stereocenters. The van der Waals surface area contributed by atoms with Gasteiger partial charge in [0, 0.05) is 30.2 Å². The van der Waals surface area contributed by atoms with Gasteiger partial charge in [-0.1, -0.05) is 11.6 Å². The molecular weight excluding hydrogens is 338 g/mol. The summed E-state index contributed by atoms with van der Waals surface area (Å²) in [4.78, 5) is 13.9. The fourth-order valence-electron chi connectivity index (χ4n) is 2.98. The highest BCUT2D eigenvalue weighted by Gasteiger charge is 2.28. The molecule has 5 nitrogen and oxygen atoms in total. The van der Waals surface area contributed by atoms with Crippen LogP contribution in [0.3, 0.4) is 0 Å². The van der Waals surface area contributed by atoms with Gasteiger partial charge in [0.25, 0.3) is 0 Å². The van der Waals surface area contributed by atoms with E-state index in [9.17, 15) is 4.79 Å². The highest BCUT2D eigenvalue weighted by molar-refractivity contribution is 6.30. The first kappa shape index (κ1) is 17.8. The Labute approximate surface area is 153 Å². The van der Waals surface area contributed by atoms with E-state index >= 15 is 0 Å². The summed E-state index contributed by atoms with van der Waals surface area (Å²) in [5, 5.41) is 5.42. The Morgan fingerprint density at radius 1 is 1.16 bits per heavy atom. The molecule has 0 N–H and O–H groups in total. The van der Waals surface area contributed by atoms with Crippen molar-refractivity contribution in [2.45, 2.75) is 45.1 Å². The van der Waals surface area contributed by atoms with E-state index in [0.29, 0.717) is 24.0 Å². The molecular formula is C19H24ClN3O2. The maximum Gasteiger partial charge on any atom is 0.410 e. The molecule has 134 valence electrons. The molecule has 0 atom stereocenters. The summed E-state index contributed by atoms with van der Waals surface area (Å²) in [7, 11) is 0. The number of ether oxygens (including phenoxy) is 1. The number of rotatable bonds is 2. The highest BCUT2D eigenvalue weighted by atomic mass is 35.5. The van der Waals surface area contributed by atoms with Crippen LogP contribution in [0.2, 0.25) is 5.02 Å². The molecule has 1 fully saturated rings. The van der Waals surface area contributed by atoms with Crippen molar-refractivity contribution in [2.24, 2.45) is 0 Å². The number of aromatic nitrogens is 2. The van der Waals surface area contributed by atoms with Crippen LogP contribution in [0.4, 0.5) is 4.79 Å². The van der Waals surface area contributed by atoms with Crippen LogP contribution >= 0.6 is 11.6 Å². The van der Waals surface area contributed by atoms with Gasteiger partial charge in [-0.3, -0.25) is 0 Å². The summed E-state index contributed by atoms with van der Waals surface area (Å²) in [6.45, 7) is 7.07. The van der Waals surface area contributed by atoms with Crippen molar-refractivity contribution < 1.29 is 9.53 Å². The largest absolute Gasteiger partial charge is 0.444 e. The van der Waals surface area contributed by atoms with E-state index in [-0.39, 0.29) is 6.09 Å². The fourth-order valence-corrected chi connectivity index (χ4v) is 3.10. The third kappa shape index (κ3) is 4.54. The van der Waals surface area contributed by atoms with Crippen LogP contribution in [0.15, 0.2) is 36.5 Å². The minimum atomic E-state index is -0.453. The molecule has 0 aliphatic carbocycles. The standard InChI is InChI=1S/C19H24ClN3O2/c1-19(2,3)25-18(24)22-11-8-14(9-12-22)17-10-13-23(21-17)16-6-4-15(20)5-7-16/h4-7,10,13-14H,8-9,11-12H2,1-3H3. The van der Waals surface area contributed by atoms with Gasteiger partial charge in [0.15, 0.2) is 0 Å². The molecule has 1 aromatic carbocycles. The zero-order valence-electron chi connectivity index (χ0n) is 14.9. The molecule has 25 heavy (non-hydrogen) atoms. The van der Waals surface area contributed by atoms with E-state index in [2.05, 4.69) is 6.07 Å². The summed E-state index contributed by atoms with van der Waals surface area (Å²) in [5.41, 5.74) is 1.60. The molecule has 1 amide bonds. The highest BCUT2D eigenvalue weighted by Crippen LogP contribution is 2.28. The fraction of sp³-hybridized carbons (Fsp3) is 0.474. The second kappa shape index (κ2) is 7.08. The number of carbonyl (C=O) groups excluding carboxylic acids is 1. The molecule has 0 radical (unpaired) electrons. The SMILES string of the molecule is CC(C)(C)OC(=O)N1CCC(c2ccn(-c3ccc(Cl)cc3)n2)CC1. The van der Waals surface area contributed by atoms with Gasteiger partial charge in [0.2, 0.25) is 0 Å². The molecule has 3 rings (SSSR count). The van der Waals surface area contributed by atoms with Crippen molar-refractivity contribution >= 4 is 17.7 Å². The molecule has 2 heterocycles. The minimum absolute atomic E-state index is 0.224. The number of amides is 1. The van der Waals surface area contributed by atoms with E-state index in [1.54, 1.807) is 4.90 Å². The first-order chi connectivity index (χ1) is 11.8. The molecule has 6 heteroatoms. The summed E-state index contributed by atoms with van der Waals surface area (Å²) < 4.78 is 7.31. The van der Waals surface area contributed by atoms with Gasteiger partial charge in [-0.05, 0) is 63.9 Å². The number of halogens is 1. The molecule has 1 aromatic heterocycles. The molecule has 2 aromatic rings. The summed E-state index contributed by atoms with van der Waals surface area (Å²) in [6.07, 6.45) is 3.55. The lowest BCUT2D eigenvalue weighted by Gasteiger charge is -2.32. The normalized spacial score (nSPS) is 16.1. The Balaban J connectivity index is 1.60. The van der Waals surface area contributed by atoms with Gasteiger partial charge < -0.3 is 9.64 Å². The number of benzene rings is 1. The zero-order valence-corrected chi connectivity index (χ0v) is 15.7. The summed E-state index contributed by atoms with van der Waals surface area (Å²) in [5.74, 6) is 0.368. The monoisotopic (exact) mass is 361 g/mol. The van der Waals surface area contributed by atoms with Crippen LogP contribution in [-0.4, -0.2) is 39.5 Å². The molecule has 0 bridgehead atoms. The third-order valence-electron chi connectivity index (χ3n) is 4.27. The molecule has 1 saturated heterocycles. The van der Waals surface area contributed by atoms with E-state index < -0.39 is 5.60 Å². The topological polar surface area (TPSA) is 47.4 Å². The maximum atomic E-state index is 12.1. The van der Waals surface area contributed by atoms with Gasteiger partial charge in [0.1, 0.15) is 5.60 Å². The van der Waals surface area contributed by atoms with Gasteiger partial charge in [-0.25, -0.2) is 9.48 Å². The number of piperidine rings is 1. The average molecular weight is 362 g/mol. The van der Waals surface area contributed by atoms with E-state index in [1.165, 1.54) is 0 Å².